The predicted octanol–water partition coefficient (Wildman–Crippen LogP) is 7.45. The Morgan fingerprint density at radius 1 is 0.718 bits per heavy atom. The van der Waals surface area contributed by atoms with E-state index in [2.05, 4.69) is 41.9 Å². The molecule has 6 amide bonds. The number of carbonyl (C=O) groups is 7. The van der Waals surface area contributed by atoms with Crippen molar-refractivity contribution in [1.82, 2.24) is 61.5 Å². The van der Waals surface area contributed by atoms with Crippen LogP contribution in [0.15, 0.2) is 64.0 Å². The van der Waals surface area contributed by atoms with Gasteiger partial charge in [-0.05, 0) is 30.5 Å². The molecule has 8 aromatic rings. The molecule has 28 heteroatoms. The minimum Gasteiger partial charge on any atom is -0.455 e. The third-order valence-corrected chi connectivity index (χ3v) is 17.4. The normalized spacial score (nSPS) is 16.5. The van der Waals surface area contributed by atoms with Crippen LogP contribution < -0.4 is 31.9 Å². The molecule has 1 aromatic carbocycles. The average Bonchev–Trinajstić information content (AvgIpc) is 4.30. The lowest BCUT2D eigenvalue weighted by Gasteiger charge is -2.26. The number of aromatic nitrogens is 7. The summed E-state index contributed by atoms with van der Waals surface area (Å²) in [6.07, 6.45) is -0.745. The number of aryl methyl sites for hydroxylation is 1. The predicted molar refractivity (Wildman–Crippen MR) is 296 cm³/mol. The lowest BCUT2D eigenvalue weighted by molar-refractivity contribution is -0.149. The van der Waals surface area contributed by atoms with Crippen LogP contribution in [0, 0.1) is 12.8 Å². The van der Waals surface area contributed by atoms with E-state index in [4.69, 9.17) is 34.4 Å². The molecule has 0 aliphatic carbocycles. The highest BCUT2D eigenvalue weighted by molar-refractivity contribution is 7.15. The van der Waals surface area contributed by atoms with E-state index in [9.17, 15) is 33.6 Å². The van der Waals surface area contributed by atoms with E-state index in [0.717, 1.165) is 11.3 Å². The summed E-state index contributed by atoms with van der Waals surface area (Å²) < 4.78 is 11.4. The number of benzene rings is 1. The molecule has 8 heterocycles. The fourth-order valence-electron chi connectivity index (χ4n) is 8.01. The van der Waals surface area contributed by atoms with Gasteiger partial charge in [-0.15, -0.1) is 68.0 Å². The summed E-state index contributed by atoms with van der Waals surface area (Å²) in [4.78, 5) is 128. The summed E-state index contributed by atoms with van der Waals surface area (Å²) in [7, 11) is 2.94. The van der Waals surface area contributed by atoms with E-state index >= 15 is 0 Å². The van der Waals surface area contributed by atoms with Crippen LogP contribution in [-0.4, -0.2) is 97.5 Å². The first kappa shape index (κ1) is 55.2. The Morgan fingerprint density at radius 3 is 2.18 bits per heavy atom. The molecule has 10 bridgehead atoms. The highest BCUT2D eigenvalue weighted by Crippen LogP contribution is 2.41. The van der Waals surface area contributed by atoms with Crippen molar-refractivity contribution in [2.75, 3.05) is 26.0 Å². The number of rotatable bonds is 11. The maximum Gasteiger partial charge on any atom is 0.303 e. The molecule has 0 unspecified atom stereocenters. The van der Waals surface area contributed by atoms with E-state index in [1.54, 1.807) is 70.9 Å². The van der Waals surface area contributed by atoms with Crippen molar-refractivity contribution in [3.05, 3.63) is 111 Å². The molecular formula is C50H47N13O9S6. The molecule has 6 N–H and O–H groups in total. The van der Waals surface area contributed by atoms with Crippen LogP contribution in [0.25, 0.3) is 43.4 Å². The Labute approximate surface area is 469 Å². The number of fused-ring (bicyclic) bond motifs is 14. The summed E-state index contributed by atoms with van der Waals surface area (Å²) in [5.74, 6) is -3.40. The number of pyridine rings is 1. The van der Waals surface area contributed by atoms with Crippen LogP contribution in [0.5, 0.6) is 0 Å². The van der Waals surface area contributed by atoms with Gasteiger partial charge in [-0.2, -0.15) is 0 Å². The van der Waals surface area contributed by atoms with Gasteiger partial charge in [-0.25, -0.2) is 34.9 Å². The maximum atomic E-state index is 14.2. The molecule has 4 atom stereocenters. The number of carbonyl (C=O) groups excluding carboxylic acids is 7. The Bertz CT molecular complexity index is 3550. The minimum atomic E-state index is -1.06. The smallest absolute Gasteiger partial charge is 0.303 e. The third-order valence-electron chi connectivity index (χ3n) is 11.7. The fraction of sp³-hybridized carbons (Fsp3) is 0.280. The van der Waals surface area contributed by atoms with Crippen molar-refractivity contribution in [3.63, 3.8) is 0 Å². The number of ether oxygens (including phenoxy) is 2. The number of hydrogen-bond acceptors (Lipinski definition) is 22. The first-order valence-electron chi connectivity index (χ1n) is 23.7. The summed E-state index contributed by atoms with van der Waals surface area (Å²) in [5.41, 5.74) is 2.86. The number of nitrogens with one attached hydrogen (secondary N) is 6. The monoisotopic (exact) mass is 1170 g/mol. The lowest BCUT2D eigenvalue weighted by Crippen LogP contribution is -2.41. The van der Waals surface area contributed by atoms with Crippen LogP contribution in [0.3, 0.4) is 0 Å². The van der Waals surface area contributed by atoms with Gasteiger partial charge in [-0.3, -0.25) is 33.6 Å². The highest BCUT2D eigenvalue weighted by atomic mass is 32.1. The number of hydrogen-bond donors (Lipinski definition) is 6. The second-order valence-corrected chi connectivity index (χ2v) is 23.3. The van der Waals surface area contributed by atoms with E-state index in [-0.39, 0.29) is 36.0 Å². The molecule has 0 spiro atoms. The molecule has 1 aliphatic heterocycles. The minimum absolute atomic E-state index is 0.00440. The van der Waals surface area contributed by atoms with Crippen molar-refractivity contribution in [1.29, 1.82) is 0 Å². The van der Waals surface area contributed by atoms with Crippen LogP contribution in [0.2, 0.25) is 0 Å². The summed E-state index contributed by atoms with van der Waals surface area (Å²) >= 11 is 7.22. The Kier molecular flexibility index (Phi) is 17.2. The zero-order valence-electron chi connectivity index (χ0n) is 42.2. The second kappa shape index (κ2) is 24.4. The van der Waals surface area contributed by atoms with E-state index in [1.165, 1.54) is 77.8 Å². The van der Waals surface area contributed by atoms with E-state index < -0.39 is 66.3 Å². The number of anilines is 1. The standard InChI is InChI=1S/C50H47N13O9S6/c1-22(2)36-50-63-39(32(78-50)16-71-6)43(69)52-15-35(67)60-40(41(72-24(4)65)25-10-8-7-9-11-25)49-58-31(19-75-49)47-56-29(17-74-47)38-26(12-13-27(54-38)46-59-33(20-76-46)53-21-64)45-57-30(18-73-45)42(68)55-28(14-34(66)51-5)48-62-37(23(3)77-48)44(70)61-36/h7-13,17-22,28,36,40-41H,14-16H2,1-6H3,(H,51,66)(H,52,69)(H,53,64)(H,55,68)(H,60,67)(H,61,70)/t28-,36+,40-,41-/m0/s1. The maximum absolute atomic E-state index is 14.2. The van der Waals surface area contributed by atoms with Gasteiger partial charge in [0.2, 0.25) is 18.2 Å². The summed E-state index contributed by atoms with van der Waals surface area (Å²) in [5, 5.41) is 26.0. The van der Waals surface area contributed by atoms with Crippen LogP contribution >= 0.6 is 68.0 Å². The number of nitrogens with zero attached hydrogens (tertiary/aromatic N) is 7. The Balaban J connectivity index is 1.15. The lowest BCUT2D eigenvalue weighted by atomic mass is 10.0. The molecule has 0 radical (unpaired) electrons. The fourth-order valence-corrected chi connectivity index (χ4v) is 13.5. The molecule has 1 aliphatic rings. The molecule has 22 nitrogen and oxygen atoms in total. The van der Waals surface area contributed by atoms with Crippen LogP contribution in [-0.2, 0) is 35.3 Å². The van der Waals surface area contributed by atoms with Gasteiger partial charge in [0.25, 0.3) is 17.7 Å². The van der Waals surface area contributed by atoms with Crippen molar-refractivity contribution >= 4 is 116 Å². The first-order chi connectivity index (χ1) is 37.6. The summed E-state index contributed by atoms with van der Waals surface area (Å²) in [6, 6.07) is 9.64. The molecule has 0 fully saturated rings. The van der Waals surface area contributed by atoms with Crippen molar-refractivity contribution < 1.29 is 43.0 Å². The largest absolute Gasteiger partial charge is 0.455 e. The highest BCUT2D eigenvalue weighted by Gasteiger charge is 2.34. The van der Waals surface area contributed by atoms with Crippen LogP contribution in [0.4, 0.5) is 5.82 Å². The van der Waals surface area contributed by atoms with Gasteiger partial charge in [0.15, 0.2) is 6.10 Å². The van der Waals surface area contributed by atoms with Gasteiger partial charge in [-0.1, -0.05) is 44.2 Å². The van der Waals surface area contributed by atoms with Crippen molar-refractivity contribution in [2.24, 2.45) is 5.92 Å². The third kappa shape index (κ3) is 12.4. The van der Waals surface area contributed by atoms with Gasteiger partial charge in [0.1, 0.15) is 76.1 Å². The zero-order chi connectivity index (χ0) is 55.2. The number of esters is 1. The second-order valence-electron chi connectivity index (χ2n) is 17.5. The van der Waals surface area contributed by atoms with Gasteiger partial charge >= 0.3 is 5.97 Å². The van der Waals surface area contributed by atoms with E-state index in [1.807, 2.05) is 13.8 Å². The molecule has 0 saturated heterocycles. The molecule has 9 rings (SSSR count). The van der Waals surface area contributed by atoms with Gasteiger partial charge in [0, 0.05) is 53.0 Å². The number of thiazole rings is 6. The number of methoxy groups -OCH3 is 1. The van der Waals surface area contributed by atoms with Crippen LogP contribution in [0.1, 0.15) is 113 Å². The molecule has 7 aromatic heterocycles. The molecule has 78 heavy (non-hydrogen) atoms. The first-order valence-corrected chi connectivity index (χ1v) is 28.9. The summed E-state index contributed by atoms with van der Waals surface area (Å²) in [6.45, 7) is 6.20. The van der Waals surface area contributed by atoms with E-state index in [0.29, 0.717) is 85.9 Å². The quantitative estimate of drug-likeness (QED) is 0.0541. The Morgan fingerprint density at radius 2 is 1.44 bits per heavy atom. The molecule has 0 saturated carbocycles. The molecule has 402 valence electrons. The van der Waals surface area contributed by atoms with Gasteiger partial charge < -0.3 is 41.4 Å². The van der Waals surface area contributed by atoms with Gasteiger partial charge in [0.05, 0.1) is 42.2 Å². The van der Waals surface area contributed by atoms with Crippen molar-refractivity contribution in [3.8, 4) is 43.4 Å². The topological polar surface area (TPSA) is 300 Å². The zero-order valence-corrected chi connectivity index (χ0v) is 47.1. The SMILES string of the molecule is CNC(=O)C[C@@H]1NC(=O)c2csc(n2)-c2ccc(-c3nc(NC=O)cs3)nc2-c2csc(n2)-c2csc(n2)[C@H]([C@@H](OC(C)=O)c2ccccc2)NC(=O)CNC(=O)c2nc(sc2COC)[C@@H](C(C)C)NC(=O)c2nc1sc2C. The average molecular weight is 1170 g/mol. The Hall–Kier alpha value is -7.60. The van der Waals surface area contributed by atoms with Crippen molar-refractivity contribution in [2.45, 2.75) is 65.0 Å². The number of amides is 6. The molecular weight excluding hydrogens is 1120 g/mol.